The van der Waals surface area contributed by atoms with Gasteiger partial charge in [0.05, 0.1) is 18.3 Å². The zero-order valence-electron chi connectivity index (χ0n) is 9.65. The first kappa shape index (κ1) is 12.6. The maximum atomic E-state index is 13.0. The molecule has 0 unspecified atom stereocenters. The van der Waals surface area contributed by atoms with Crippen LogP contribution >= 0.6 is 11.6 Å². The van der Waals surface area contributed by atoms with Crippen LogP contribution < -0.4 is 5.32 Å². The Hall–Kier alpha value is -1.88. The van der Waals surface area contributed by atoms with Gasteiger partial charge in [0.15, 0.2) is 0 Å². The highest BCUT2D eigenvalue weighted by Crippen LogP contribution is 2.13. The number of rotatable bonds is 3. The van der Waals surface area contributed by atoms with E-state index in [1.165, 1.54) is 0 Å². The number of aromatic nitrogens is 2. The molecule has 0 spiro atoms. The number of nitrogens with one attached hydrogen (secondary N) is 1. The van der Waals surface area contributed by atoms with Crippen molar-refractivity contribution in [2.75, 3.05) is 0 Å². The smallest absolute Gasteiger partial charge is 0.254 e. The van der Waals surface area contributed by atoms with Crippen molar-refractivity contribution in [3.63, 3.8) is 0 Å². The lowest BCUT2D eigenvalue weighted by Crippen LogP contribution is -2.24. The molecule has 0 radical (unpaired) electrons. The molecule has 2 rings (SSSR count). The van der Waals surface area contributed by atoms with Crippen LogP contribution in [0.3, 0.4) is 0 Å². The third-order valence-corrected chi connectivity index (χ3v) is 2.83. The Kier molecular flexibility index (Phi) is 3.62. The fourth-order valence-corrected chi connectivity index (χ4v) is 1.72. The van der Waals surface area contributed by atoms with Gasteiger partial charge in [-0.15, -0.1) is 0 Å². The lowest BCUT2D eigenvalue weighted by molar-refractivity contribution is 0.0949. The number of pyridine rings is 1. The summed E-state index contributed by atoms with van der Waals surface area (Å²) in [7, 11) is 1.87. The van der Waals surface area contributed by atoms with Crippen LogP contribution in [0.15, 0.2) is 30.6 Å². The minimum absolute atomic E-state index is 0.0132. The number of carbonyl (C=O) groups is 1. The lowest BCUT2D eigenvalue weighted by Gasteiger charge is -2.07. The fraction of sp³-hybridized carbons (Fsp3) is 0.167. The molecule has 0 fully saturated rings. The zero-order valence-corrected chi connectivity index (χ0v) is 10.4. The molecule has 2 aromatic rings. The fourth-order valence-electron chi connectivity index (χ4n) is 1.53. The molecular formula is C12H11ClFN3O. The van der Waals surface area contributed by atoms with Crippen LogP contribution in [0.1, 0.15) is 16.1 Å². The lowest BCUT2D eigenvalue weighted by atomic mass is 10.2. The maximum absolute atomic E-state index is 13.0. The molecule has 0 saturated heterocycles. The number of carbonyl (C=O) groups excluding carboxylic acids is 1. The highest BCUT2D eigenvalue weighted by atomic mass is 35.5. The summed E-state index contributed by atoms with van der Waals surface area (Å²) in [6, 6.07) is 4.82. The first-order chi connectivity index (χ1) is 8.58. The van der Waals surface area contributed by atoms with Gasteiger partial charge < -0.3 is 9.88 Å². The highest BCUT2D eigenvalue weighted by molar-refractivity contribution is 6.32. The van der Waals surface area contributed by atoms with Crippen molar-refractivity contribution in [2.24, 2.45) is 7.05 Å². The molecule has 0 atom stereocenters. The van der Waals surface area contributed by atoms with Crippen molar-refractivity contribution in [3.05, 3.63) is 52.8 Å². The second kappa shape index (κ2) is 5.18. The van der Waals surface area contributed by atoms with E-state index in [-0.39, 0.29) is 10.7 Å². The normalized spacial score (nSPS) is 10.4. The van der Waals surface area contributed by atoms with E-state index in [0.29, 0.717) is 6.54 Å². The first-order valence-corrected chi connectivity index (χ1v) is 5.65. The van der Waals surface area contributed by atoms with Crippen LogP contribution in [-0.2, 0) is 13.6 Å². The summed E-state index contributed by atoms with van der Waals surface area (Å²) in [6.45, 7) is 0.342. The average molecular weight is 268 g/mol. The van der Waals surface area contributed by atoms with Crippen molar-refractivity contribution in [1.82, 2.24) is 14.9 Å². The van der Waals surface area contributed by atoms with Gasteiger partial charge in [0, 0.05) is 18.9 Å². The number of hydrogen-bond donors (Lipinski definition) is 1. The Morgan fingerprint density at radius 2 is 2.39 bits per heavy atom. The summed E-state index contributed by atoms with van der Waals surface area (Å²) in [6.07, 6.45) is 2.84. The molecule has 0 aliphatic heterocycles. The maximum Gasteiger partial charge on any atom is 0.254 e. The van der Waals surface area contributed by atoms with E-state index in [1.54, 1.807) is 0 Å². The summed E-state index contributed by atoms with van der Waals surface area (Å²) in [5.74, 6) is -1.04. The van der Waals surface area contributed by atoms with Gasteiger partial charge in [-0.3, -0.25) is 4.79 Å². The Morgan fingerprint density at radius 3 is 3.06 bits per heavy atom. The topological polar surface area (TPSA) is 46.9 Å². The summed E-state index contributed by atoms with van der Waals surface area (Å²) >= 11 is 5.74. The third kappa shape index (κ3) is 2.68. The number of aryl methyl sites for hydroxylation is 1. The molecular weight excluding hydrogens is 257 g/mol. The predicted molar refractivity (Wildman–Crippen MR) is 65.8 cm³/mol. The molecule has 1 amide bonds. The molecule has 0 bridgehead atoms. The standard InChI is InChI=1S/C12H11ClFN3O/c1-17-4-2-3-9(17)7-16-12(18)10-5-8(14)6-15-11(10)13/h2-6H,7H2,1H3,(H,16,18). The van der Waals surface area contributed by atoms with E-state index in [4.69, 9.17) is 11.6 Å². The van der Waals surface area contributed by atoms with Gasteiger partial charge in [0.1, 0.15) is 11.0 Å². The van der Waals surface area contributed by atoms with Gasteiger partial charge in [-0.1, -0.05) is 11.6 Å². The number of amides is 1. The van der Waals surface area contributed by atoms with Crippen molar-refractivity contribution in [3.8, 4) is 0 Å². The first-order valence-electron chi connectivity index (χ1n) is 5.27. The van der Waals surface area contributed by atoms with Crippen LogP contribution in [-0.4, -0.2) is 15.5 Å². The minimum atomic E-state index is -0.594. The largest absolute Gasteiger partial charge is 0.353 e. The van der Waals surface area contributed by atoms with Crippen LogP contribution in [0, 0.1) is 5.82 Å². The Bertz CT molecular complexity index is 582. The number of halogens is 2. The molecule has 0 saturated carbocycles. The summed E-state index contributed by atoms with van der Waals surface area (Å²) in [5.41, 5.74) is 0.967. The van der Waals surface area contributed by atoms with Gasteiger partial charge in [-0.2, -0.15) is 0 Å². The molecule has 0 aliphatic rings. The van der Waals surface area contributed by atoms with Crippen molar-refractivity contribution in [1.29, 1.82) is 0 Å². The second-order valence-electron chi connectivity index (χ2n) is 3.79. The molecule has 18 heavy (non-hydrogen) atoms. The molecule has 1 N–H and O–H groups in total. The van der Waals surface area contributed by atoms with Gasteiger partial charge in [0.25, 0.3) is 5.91 Å². The van der Waals surface area contributed by atoms with Gasteiger partial charge in [-0.05, 0) is 18.2 Å². The molecule has 0 aromatic carbocycles. The van der Waals surface area contributed by atoms with Crippen LogP contribution in [0.25, 0.3) is 0 Å². The van der Waals surface area contributed by atoms with Crippen molar-refractivity contribution < 1.29 is 9.18 Å². The molecule has 2 heterocycles. The minimum Gasteiger partial charge on any atom is -0.353 e. The predicted octanol–water partition coefficient (Wildman–Crippen LogP) is 2.14. The van der Waals surface area contributed by atoms with Crippen LogP contribution in [0.4, 0.5) is 4.39 Å². The molecule has 2 aromatic heterocycles. The zero-order chi connectivity index (χ0) is 13.1. The molecule has 94 valence electrons. The van der Waals surface area contributed by atoms with E-state index in [9.17, 15) is 9.18 Å². The summed E-state index contributed by atoms with van der Waals surface area (Å²) < 4.78 is 14.9. The Morgan fingerprint density at radius 1 is 1.61 bits per heavy atom. The van der Waals surface area contributed by atoms with Gasteiger partial charge in [-0.25, -0.2) is 9.37 Å². The van der Waals surface area contributed by atoms with Crippen LogP contribution in [0.5, 0.6) is 0 Å². The monoisotopic (exact) mass is 267 g/mol. The van der Waals surface area contributed by atoms with E-state index in [0.717, 1.165) is 18.0 Å². The number of nitrogens with zero attached hydrogens (tertiary/aromatic N) is 2. The van der Waals surface area contributed by atoms with Gasteiger partial charge >= 0.3 is 0 Å². The van der Waals surface area contributed by atoms with Gasteiger partial charge in [0.2, 0.25) is 0 Å². The van der Waals surface area contributed by atoms with Crippen molar-refractivity contribution >= 4 is 17.5 Å². The summed E-state index contributed by atoms with van der Waals surface area (Å²) in [4.78, 5) is 15.4. The quantitative estimate of drug-likeness (QED) is 0.866. The van der Waals surface area contributed by atoms with E-state index in [2.05, 4.69) is 10.3 Å². The molecule has 0 aliphatic carbocycles. The molecule has 6 heteroatoms. The Labute approximate surface area is 108 Å². The summed E-state index contributed by atoms with van der Waals surface area (Å²) in [5, 5.41) is 2.65. The molecule has 4 nitrogen and oxygen atoms in total. The van der Waals surface area contributed by atoms with E-state index < -0.39 is 11.7 Å². The Balaban J connectivity index is 2.08. The SMILES string of the molecule is Cn1cccc1CNC(=O)c1cc(F)cnc1Cl. The van der Waals surface area contributed by atoms with E-state index >= 15 is 0 Å². The van der Waals surface area contributed by atoms with Crippen LogP contribution in [0.2, 0.25) is 5.15 Å². The second-order valence-corrected chi connectivity index (χ2v) is 4.14. The van der Waals surface area contributed by atoms with E-state index in [1.807, 2.05) is 29.9 Å². The average Bonchev–Trinajstić information content (AvgIpc) is 2.75. The van der Waals surface area contributed by atoms with Crippen molar-refractivity contribution in [2.45, 2.75) is 6.54 Å². The highest BCUT2D eigenvalue weighted by Gasteiger charge is 2.12. The number of hydrogen-bond acceptors (Lipinski definition) is 2. The third-order valence-electron chi connectivity index (χ3n) is 2.53.